The van der Waals surface area contributed by atoms with Gasteiger partial charge in [0.15, 0.2) is 0 Å². The number of nitrogens with zero attached hydrogens (tertiary/aromatic N) is 1. The lowest BCUT2D eigenvalue weighted by Gasteiger charge is -2.22. The normalized spacial score (nSPS) is 11.2. The zero-order valence-electron chi connectivity index (χ0n) is 19.6. The van der Waals surface area contributed by atoms with Crippen LogP contribution in [0.25, 0.3) is 0 Å². The van der Waals surface area contributed by atoms with Crippen LogP contribution in [0.1, 0.15) is 30.4 Å². The molecular weight excluding hydrogens is 490 g/mol. The Labute approximate surface area is 212 Å². The van der Waals surface area contributed by atoms with Crippen LogP contribution >= 0.6 is 11.3 Å². The molecule has 3 amide bonds. The van der Waals surface area contributed by atoms with Gasteiger partial charge < -0.3 is 30.5 Å². The van der Waals surface area contributed by atoms with Crippen molar-refractivity contribution in [3.63, 3.8) is 0 Å². The Morgan fingerprint density at radius 1 is 0.972 bits per heavy atom. The summed E-state index contributed by atoms with van der Waals surface area (Å²) in [7, 11) is 0. The van der Waals surface area contributed by atoms with E-state index in [0.29, 0.717) is 18.4 Å². The molecule has 0 spiro atoms. The Morgan fingerprint density at radius 3 is 2.36 bits per heavy atom. The van der Waals surface area contributed by atoms with Crippen LogP contribution in [0.3, 0.4) is 0 Å². The van der Waals surface area contributed by atoms with Crippen molar-refractivity contribution in [2.24, 2.45) is 0 Å². The number of amides is 3. The average Bonchev–Trinajstić information content (AvgIpc) is 3.34. The molecule has 0 aliphatic carbocycles. The van der Waals surface area contributed by atoms with Crippen LogP contribution in [0.4, 0.5) is 4.79 Å². The maximum absolute atomic E-state index is 12.5. The molecule has 0 aliphatic heterocycles. The van der Waals surface area contributed by atoms with Crippen molar-refractivity contribution in [2.75, 3.05) is 19.6 Å². The molecular formula is C24H29N3O8S. The van der Waals surface area contributed by atoms with Crippen LogP contribution < -0.4 is 10.6 Å². The smallest absolute Gasteiger partial charge is 0.407 e. The fraction of sp³-hybridized carbons (Fsp3) is 0.375. The van der Waals surface area contributed by atoms with E-state index in [1.54, 1.807) is 16.8 Å². The van der Waals surface area contributed by atoms with Crippen molar-refractivity contribution in [1.82, 2.24) is 15.5 Å². The topological polar surface area (TPSA) is 162 Å². The SMILES string of the molecule is O=C(O)CN(CC(=O)N[C@H](CCCCNC(=O)OCc1ccccc1)C(=O)O)C(=O)Cc1ccsc1. The number of hydrogen-bond donors (Lipinski definition) is 4. The molecule has 1 heterocycles. The van der Waals surface area contributed by atoms with Gasteiger partial charge >= 0.3 is 18.0 Å². The fourth-order valence-electron chi connectivity index (χ4n) is 3.18. The number of benzene rings is 1. The molecule has 0 fully saturated rings. The largest absolute Gasteiger partial charge is 0.480 e. The quantitative estimate of drug-likeness (QED) is 0.259. The summed E-state index contributed by atoms with van der Waals surface area (Å²) in [6.45, 7) is -0.861. The second-order valence-corrected chi connectivity index (χ2v) is 8.67. The predicted octanol–water partition coefficient (Wildman–Crippen LogP) is 1.87. The highest BCUT2D eigenvalue weighted by molar-refractivity contribution is 7.08. The fourth-order valence-corrected chi connectivity index (χ4v) is 3.85. The molecule has 0 radical (unpaired) electrons. The van der Waals surface area contributed by atoms with Crippen LogP contribution in [-0.4, -0.2) is 70.6 Å². The number of carboxylic acids is 2. The Balaban J connectivity index is 1.73. The summed E-state index contributed by atoms with van der Waals surface area (Å²) in [6.07, 6.45) is 0.264. The van der Waals surface area contributed by atoms with E-state index in [-0.39, 0.29) is 26.0 Å². The highest BCUT2D eigenvalue weighted by Gasteiger charge is 2.24. The monoisotopic (exact) mass is 519 g/mol. The summed E-state index contributed by atoms with van der Waals surface area (Å²) in [6, 6.07) is 9.68. The number of alkyl carbamates (subject to hydrolysis) is 1. The average molecular weight is 520 g/mol. The van der Waals surface area contributed by atoms with Gasteiger partial charge in [-0.1, -0.05) is 30.3 Å². The minimum absolute atomic E-state index is 0.0623. The minimum Gasteiger partial charge on any atom is -0.480 e. The van der Waals surface area contributed by atoms with Gasteiger partial charge in [-0.2, -0.15) is 11.3 Å². The maximum atomic E-state index is 12.5. The lowest BCUT2D eigenvalue weighted by molar-refractivity contribution is -0.147. The van der Waals surface area contributed by atoms with Crippen LogP contribution in [-0.2, 0) is 36.9 Å². The summed E-state index contributed by atoms with van der Waals surface area (Å²) in [4.78, 5) is 60.2. The van der Waals surface area contributed by atoms with E-state index in [1.807, 2.05) is 30.3 Å². The Bertz CT molecular complexity index is 1010. The molecule has 1 aromatic heterocycles. The number of carbonyl (C=O) groups is 5. The third kappa shape index (κ3) is 11.0. The second kappa shape index (κ2) is 15.1. The first-order valence-corrected chi connectivity index (χ1v) is 12.2. The Kier molecular flexibility index (Phi) is 11.9. The lowest BCUT2D eigenvalue weighted by Crippen LogP contribution is -2.48. The third-order valence-electron chi connectivity index (χ3n) is 4.98. The molecule has 2 rings (SSSR count). The maximum Gasteiger partial charge on any atom is 0.407 e. The third-order valence-corrected chi connectivity index (χ3v) is 5.72. The van der Waals surface area contributed by atoms with Crippen LogP contribution in [0.2, 0.25) is 0 Å². The van der Waals surface area contributed by atoms with E-state index in [1.165, 1.54) is 11.3 Å². The van der Waals surface area contributed by atoms with Gasteiger partial charge in [0.05, 0.1) is 6.42 Å². The molecule has 1 aromatic carbocycles. The van der Waals surface area contributed by atoms with Gasteiger partial charge in [-0.15, -0.1) is 0 Å². The molecule has 1 atom stereocenters. The number of nitrogens with one attached hydrogen (secondary N) is 2. The Hall–Kier alpha value is -3.93. The van der Waals surface area contributed by atoms with Gasteiger partial charge in [0, 0.05) is 6.54 Å². The molecule has 4 N–H and O–H groups in total. The summed E-state index contributed by atoms with van der Waals surface area (Å²) in [5, 5.41) is 26.9. The van der Waals surface area contributed by atoms with Crippen LogP contribution in [0.15, 0.2) is 47.2 Å². The van der Waals surface area contributed by atoms with Crippen LogP contribution in [0, 0.1) is 0 Å². The van der Waals surface area contributed by atoms with E-state index in [4.69, 9.17) is 9.84 Å². The second-order valence-electron chi connectivity index (χ2n) is 7.89. The highest BCUT2D eigenvalue weighted by atomic mass is 32.1. The summed E-state index contributed by atoms with van der Waals surface area (Å²) < 4.78 is 5.09. The number of ether oxygens (including phenoxy) is 1. The van der Waals surface area contributed by atoms with E-state index in [0.717, 1.165) is 10.5 Å². The first-order chi connectivity index (χ1) is 17.2. The molecule has 0 saturated heterocycles. The standard InChI is InChI=1S/C24H29N3O8S/c28-20(13-27(14-22(30)31)21(29)12-18-9-11-36-16-18)26-19(23(32)33)8-4-5-10-25-24(34)35-15-17-6-2-1-3-7-17/h1-3,6-7,9,11,16,19H,4-5,8,10,12-15H2,(H,25,34)(H,26,28)(H,30,31)(H,32,33)/t19-/m1/s1. The van der Waals surface area contributed by atoms with Gasteiger partial charge in [-0.3, -0.25) is 14.4 Å². The van der Waals surface area contributed by atoms with Crippen molar-refractivity contribution < 1.29 is 38.9 Å². The summed E-state index contributed by atoms with van der Waals surface area (Å²) in [5.41, 5.74) is 1.55. The molecule has 2 aromatic rings. The van der Waals surface area contributed by atoms with Crippen molar-refractivity contribution in [1.29, 1.82) is 0 Å². The number of unbranched alkanes of at least 4 members (excludes halogenated alkanes) is 1. The summed E-state index contributed by atoms with van der Waals surface area (Å²) >= 11 is 1.38. The van der Waals surface area contributed by atoms with E-state index in [9.17, 15) is 29.1 Å². The van der Waals surface area contributed by atoms with Gasteiger partial charge in [0.2, 0.25) is 11.8 Å². The first-order valence-electron chi connectivity index (χ1n) is 11.2. The van der Waals surface area contributed by atoms with Crippen molar-refractivity contribution in [3.05, 3.63) is 58.3 Å². The van der Waals surface area contributed by atoms with Gasteiger partial charge in [0.25, 0.3) is 0 Å². The number of thiophene rings is 1. The summed E-state index contributed by atoms with van der Waals surface area (Å²) in [5.74, 6) is -3.87. The molecule has 11 nitrogen and oxygen atoms in total. The van der Waals surface area contributed by atoms with Gasteiger partial charge in [0.1, 0.15) is 25.7 Å². The molecule has 0 bridgehead atoms. The number of rotatable bonds is 15. The molecule has 0 unspecified atom stereocenters. The van der Waals surface area contributed by atoms with Crippen molar-refractivity contribution in [2.45, 2.75) is 38.3 Å². The Morgan fingerprint density at radius 2 is 1.72 bits per heavy atom. The molecule has 36 heavy (non-hydrogen) atoms. The zero-order chi connectivity index (χ0) is 26.3. The first kappa shape index (κ1) is 28.3. The molecule has 194 valence electrons. The number of hydrogen-bond acceptors (Lipinski definition) is 7. The van der Waals surface area contributed by atoms with Crippen molar-refractivity contribution >= 4 is 41.2 Å². The van der Waals surface area contributed by atoms with E-state index < -0.39 is 49.0 Å². The zero-order valence-corrected chi connectivity index (χ0v) is 20.4. The molecule has 0 aliphatic rings. The van der Waals surface area contributed by atoms with Gasteiger partial charge in [-0.25, -0.2) is 9.59 Å². The van der Waals surface area contributed by atoms with E-state index in [2.05, 4.69) is 10.6 Å². The lowest BCUT2D eigenvalue weighted by atomic mass is 10.1. The number of carbonyl (C=O) groups excluding carboxylic acids is 3. The van der Waals surface area contributed by atoms with Crippen molar-refractivity contribution in [3.8, 4) is 0 Å². The predicted molar refractivity (Wildman–Crippen MR) is 130 cm³/mol. The van der Waals surface area contributed by atoms with Gasteiger partial charge in [-0.05, 0) is 47.2 Å². The number of aliphatic carboxylic acids is 2. The molecule has 0 saturated carbocycles. The molecule has 12 heteroatoms. The highest BCUT2D eigenvalue weighted by Crippen LogP contribution is 2.09. The number of carboxylic acid groups (broad SMARTS) is 2. The van der Waals surface area contributed by atoms with E-state index >= 15 is 0 Å². The minimum atomic E-state index is -1.29. The van der Waals surface area contributed by atoms with Crippen LogP contribution in [0.5, 0.6) is 0 Å².